The van der Waals surface area contributed by atoms with Crippen molar-refractivity contribution in [2.24, 2.45) is 0 Å². The Morgan fingerprint density at radius 2 is 1.39 bits per heavy atom. The number of aryl methyl sites for hydroxylation is 2. The SMILES string of the molecule is Cc1ccc(C2=Cc3c(ccc(C)c3-c3cc(C(C)(C)C)cc(C(C)(C)C)c3)C2)o1.[Zr]. The normalized spacial score (nSPS) is 13.6. The maximum atomic E-state index is 5.93. The van der Waals surface area contributed by atoms with E-state index >= 15 is 0 Å². The summed E-state index contributed by atoms with van der Waals surface area (Å²) in [7, 11) is 0. The molecule has 1 nitrogen and oxygen atoms in total. The Balaban J connectivity index is 0.00000272. The standard InChI is InChI=1S/C29H34O.Zr/c1-18-9-11-20-13-21(26-12-10-19(2)30-26)16-25(20)27(18)22-14-23(28(3,4)5)17-24(15-22)29(6,7)8;/h9-12,14-17H,13H2,1-8H3;. The van der Waals surface area contributed by atoms with Crippen LogP contribution in [0.2, 0.25) is 0 Å². The average Bonchev–Trinajstić information content (AvgIpc) is 3.25. The van der Waals surface area contributed by atoms with E-state index in [0.717, 1.165) is 17.9 Å². The summed E-state index contributed by atoms with van der Waals surface area (Å²) in [4.78, 5) is 0. The van der Waals surface area contributed by atoms with E-state index in [0.29, 0.717) is 0 Å². The van der Waals surface area contributed by atoms with Gasteiger partial charge in [-0.2, -0.15) is 0 Å². The van der Waals surface area contributed by atoms with E-state index < -0.39 is 0 Å². The fraction of sp³-hybridized carbons (Fsp3) is 0.379. The van der Waals surface area contributed by atoms with Gasteiger partial charge in [0.1, 0.15) is 11.5 Å². The Bertz CT molecular complexity index is 1110. The first-order valence-electron chi connectivity index (χ1n) is 11.0. The van der Waals surface area contributed by atoms with Gasteiger partial charge < -0.3 is 4.42 Å². The first-order chi connectivity index (χ1) is 13.9. The van der Waals surface area contributed by atoms with E-state index in [4.69, 9.17) is 4.42 Å². The summed E-state index contributed by atoms with van der Waals surface area (Å²) in [6, 6.07) is 15.9. The third-order valence-electron chi connectivity index (χ3n) is 6.25. The van der Waals surface area contributed by atoms with E-state index in [1.165, 1.54) is 44.5 Å². The third-order valence-corrected chi connectivity index (χ3v) is 6.25. The van der Waals surface area contributed by atoms with Crippen LogP contribution in [0.4, 0.5) is 0 Å². The van der Waals surface area contributed by atoms with Crippen molar-refractivity contribution in [3.8, 4) is 11.1 Å². The molecular formula is C29H34OZr. The van der Waals surface area contributed by atoms with Crippen LogP contribution in [0.3, 0.4) is 0 Å². The Labute approximate surface area is 207 Å². The van der Waals surface area contributed by atoms with Crippen molar-refractivity contribution < 1.29 is 30.6 Å². The number of fused-ring (bicyclic) bond motifs is 1. The van der Waals surface area contributed by atoms with Gasteiger partial charge in [-0.15, -0.1) is 0 Å². The number of hydrogen-bond acceptors (Lipinski definition) is 1. The molecule has 160 valence electrons. The third kappa shape index (κ3) is 4.75. The molecular weight excluding hydrogens is 456 g/mol. The summed E-state index contributed by atoms with van der Waals surface area (Å²) in [6.45, 7) is 18.1. The Kier molecular flexibility index (Phi) is 6.47. The van der Waals surface area contributed by atoms with Crippen LogP contribution in [0.15, 0.2) is 46.9 Å². The molecule has 0 N–H and O–H groups in total. The van der Waals surface area contributed by atoms with Crippen molar-refractivity contribution in [3.05, 3.63) is 81.8 Å². The first kappa shape index (κ1) is 24.0. The van der Waals surface area contributed by atoms with E-state index in [9.17, 15) is 0 Å². The molecule has 0 radical (unpaired) electrons. The van der Waals surface area contributed by atoms with Crippen LogP contribution in [-0.4, -0.2) is 0 Å². The maximum Gasteiger partial charge on any atom is 0.130 e. The fourth-order valence-electron chi connectivity index (χ4n) is 4.31. The smallest absolute Gasteiger partial charge is 0.130 e. The van der Waals surface area contributed by atoms with Crippen molar-refractivity contribution >= 4 is 11.6 Å². The van der Waals surface area contributed by atoms with Crippen LogP contribution in [0, 0.1) is 13.8 Å². The summed E-state index contributed by atoms with van der Waals surface area (Å²) in [5.74, 6) is 1.96. The van der Waals surface area contributed by atoms with Gasteiger partial charge in [0.15, 0.2) is 0 Å². The average molecular weight is 490 g/mol. The zero-order valence-corrected chi connectivity index (χ0v) is 22.7. The van der Waals surface area contributed by atoms with Crippen LogP contribution < -0.4 is 0 Å². The number of benzene rings is 2. The second kappa shape index (κ2) is 8.36. The Morgan fingerprint density at radius 3 is 1.90 bits per heavy atom. The van der Waals surface area contributed by atoms with Crippen LogP contribution in [0.5, 0.6) is 0 Å². The van der Waals surface area contributed by atoms with Crippen molar-refractivity contribution in [3.63, 3.8) is 0 Å². The molecule has 1 aromatic heterocycles. The largest absolute Gasteiger partial charge is 0.462 e. The molecule has 0 atom stereocenters. The summed E-state index contributed by atoms with van der Waals surface area (Å²) in [5, 5.41) is 0. The van der Waals surface area contributed by atoms with Crippen LogP contribution in [0.1, 0.15) is 80.9 Å². The Hall–Kier alpha value is -1.66. The van der Waals surface area contributed by atoms with Gasteiger partial charge in [0.2, 0.25) is 0 Å². The molecule has 2 aromatic carbocycles. The van der Waals surface area contributed by atoms with Crippen molar-refractivity contribution in [2.75, 3.05) is 0 Å². The maximum absolute atomic E-state index is 5.93. The Morgan fingerprint density at radius 1 is 0.774 bits per heavy atom. The van der Waals surface area contributed by atoms with Crippen molar-refractivity contribution in [2.45, 2.75) is 72.6 Å². The van der Waals surface area contributed by atoms with Crippen molar-refractivity contribution in [1.29, 1.82) is 0 Å². The minimum atomic E-state index is 0. The molecule has 0 bridgehead atoms. The molecule has 0 spiro atoms. The molecule has 2 heteroatoms. The van der Waals surface area contributed by atoms with Crippen LogP contribution >= 0.6 is 0 Å². The van der Waals surface area contributed by atoms with Gasteiger partial charge in [-0.05, 0) is 87.4 Å². The van der Waals surface area contributed by atoms with Gasteiger partial charge in [-0.25, -0.2) is 0 Å². The number of rotatable bonds is 2. The van der Waals surface area contributed by atoms with Crippen molar-refractivity contribution in [1.82, 2.24) is 0 Å². The summed E-state index contributed by atoms with van der Waals surface area (Å²) in [5.41, 5.74) is 11.0. The molecule has 0 aliphatic heterocycles. The van der Waals surface area contributed by atoms with E-state index in [1.807, 2.05) is 13.0 Å². The van der Waals surface area contributed by atoms with E-state index in [-0.39, 0.29) is 37.0 Å². The molecule has 31 heavy (non-hydrogen) atoms. The van der Waals surface area contributed by atoms with Gasteiger partial charge in [-0.1, -0.05) is 71.9 Å². The van der Waals surface area contributed by atoms with Gasteiger partial charge in [-0.3, -0.25) is 0 Å². The van der Waals surface area contributed by atoms with E-state index in [1.54, 1.807) is 0 Å². The minimum absolute atomic E-state index is 0. The molecule has 0 unspecified atom stereocenters. The molecule has 1 aliphatic rings. The topological polar surface area (TPSA) is 13.1 Å². The van der Waals surface area contributed by atoms with Crippen LogP contribution in [-0.2, 0) is 43.5 Å². The molecule has 4 rings (SSSR count). The molecule has 1 heterocycles. The molecule has 0 saturated heterocycles. The first-order valence-corrected chi connectivity index (χ1v) is 11.0. The zero-order valence-electron chi connectivity index (χ0n) is 20.2. The number of hydrogen-bond donors (Lipinski definition) is 0. The molecule has 1 aliphatic carbocycles. The van der Waals surface area contributed by atoms with Crippen LogP contribution in [0.25, 0.3) is 22.8 Å². The monoisotopic (exact) mass is 488 g/mol. The fourth-order valence-corrected chi connectivity index (χ4v) is 4.31. The van der Waals surface area contributed by atoms with Gasteiger partial charge >= 0.3 is 0 Å². The van der Waals surface area contributed by atoms with Gasteiger partial charge in [0.25, 0.3) is 0 Å². The summed E-state index contributed by atoms with van der Waals surface area (Å²) < 4.78 is 5.93. The minimum Gasteiger partial charge on any atom is -0.462 e. The second-order valence-electron chi connectivity index (χ2n) is 10.9. The number of allylic oxidation sites excluding steroid dienone is 1. The number of furan rings is 1. The van der Waals surface area contributed by atoms with Gasteiger partial charge in [0, 0.05) is 32.6 Å². The second-order valence-corrected chi connectivity index (χ2v) is 10.9. The summed E-state index contributed by atoms with van der Waals surface area (Å²) >= 11 is 0. The molecule has 0 fully saturated rings. The summed E-state index contributed by atoms with van der Waals surface area (Å²) in [6.07, 6.45) is 3.27. The molecule has 0 amide bonds. The predicted molar refractivity (Wildman–Crippen MR) is 129 cm³/mol. The quantitative estimate of drug-likeness (QED) is 0.353. The molecule has 3 aromatic rings. The predicted octanol–water partition coefficient (Wildman–Crippen LogP) is 8.25. The van der Waals surface area contributed by atoms with E-state index in [2.05, 4.69) is 90.9 Å². The van der Waals surface area contributed by atoms with Gasteiger partial charge in [0.05, 0.1) is 0 Å². The molecule has 0 saturated carbocycles. The zero-order chi connectivity index (χ0) is 21.8.